The van der Waals surface area contributed by atoms with Crippen molar-refractivity contribution in [3.8, 4) is 0 Å². The van der Waals surface area contributed by atoms with Gasteiger partial charge in [0, 0.05) is 0 Å². The van der Waals surface area contributed by atoms with Crippen molar-refractivity contribution in [3.63, 3.8) is 0 Å². The Morgan fingerprint density at radius 3 is 2.00 bits per heavy atom. The summed E-state index contributed by atoms with van der Waals surface area (Å²) in [7, 11) is 2.59. The highest BCUT2D eigenvalue weighted by atomic mass is 31.0. The van der Waals surface area contributed by atoms with Gasteiger partial charge in [-0.1, -0.05) is 6.92 Å². The first-order valence-corrected chi connectivity index (χ1v) is 2.22. The fraction of sp³-hybridized carbons (Fsp3) is 0.667. The summed E-state index contributed by atoms with van der Waals surface area (Å²) in [6.45, 7) is 3.58. The van der Waals surface area contributed by atoms with Gasteiger partial charge in [-0.25, -0.2) is 0 Å². The van der Waals surface area contributed by atoms with E-state index >= 15 is 0 Å². The molecule has 0 aliphatic rings. The van der Waals surface area contributed by atoms with E-state index in [1.54, 1.807) is 0 Å². The molecule has 0 N–H and O–H groups in total. The maximum Gasteiger partial charge on any atom is -0.0381 e. The molecule has 0 aliphatic carbocycles. The highest BCUT2D eigenvalue weighted by molar-refractivity contribution is 7.16. The molecule has 0 amide bonds. The Morgan fingerprint density at radius 1 is 1.75 bits per heavy atom. The highest BCUT2D eigenvalue weighted by Crippen LogP contribution is 1.80. The van der Waals surface area contributed by atoms with E-state index < -0.39 is 0 Å². The first-order chi connectivity index (χ1) is 1.91. The zero-order chi connectivity index (χ0) is 3.41. The summed E-state index contributed by atoms with van der Waals surface area (Å²) in [6.07, 6.45) is 2.16. The molecule has 0 aromatic carbocycles. The molecule has 0 fully saturated rings. The van der Waals surface area contributed by atoms with Crippen LogP contribution in [-0.4, -0.2) is 6.16 Å². The average Bonchev–Trinajstić information content (AvgIpc) is 1.37. The number of hydrogen-bond acceptors (Lipinski definition) is 0. The number of hydrogen-bond donors (Lipinski definition) is 0. The molecular weight excluding hydrogens is 67.0 g/mol. The first-order valence-electron chi connectivity index (χ1n) is 1.41. The van der Waals surface area contributed by atoms with Crippen LogP contribution in [0.3, 0.4) is 0 Å². The van der Waals surface area contributed by atoms with Gasteiger partial charge in [0.2, 0.25) is 0 Å². The van der Waals surface area contributed by atoms with Crippen LogP contribution in [0.1, 0.15) is 6.42 Å². The van der Waals surface area contributed by atoms with Crippen LogP contribution in [-0.2, 0) is 0 Å². The van der Waals surface area contributed by atoms with Crippen molar-refractivity contribution in [2.45, 2.75) is 6.42 Å². The molecule has 1 unspecified atom stereocenters. The molecule has 0 aromatic heterocycles. The maximum absolute atomic E-state index is 3.58. The van der Waals surface area contributed by atoms with Gasteiger partial charge in [0.1, 0.15) is 0 Å². The minimum atomic E-state index is 1.03. The Kier molecular flexibility index (Phi) is 3.80. The summed E-state index contributed by atoms with van der Waals surface area (Å²) in [6, 6.07) is 0. The van der Waals surface area contributed by atoms with E-state index in [1.807, 2.05) is 0 Å². The molecule has 1 radical (unpaired) electrons. The van der Waals surface area contributed by atoms with Crippen molar-refractivity contribution in [1.29, 1.82) is 0 Å². The van der Waals surface area contributed by atoms with Gasteiger partial charge in [0.15, 0.2) is 0 Å². The van der Waals surface area contributed by atoms with Crippen LogP contribution in [0.5, 0.6) is 0 Å². The zero-order valence-corrected chi connectivity index (χ0v) is 3.85. The molecule has 0 saturated carbocycles. The predicted octanol–water partition coefficient (Wildman–Crippen LogP) is 1.09. The molecule has 4 heavy (non-hydrogen) atoms. The molecule has 0 nitrogen and oxygen atoms in total. The second kappa shape index (κ2) is 3.43. The first kappa shape index (κ1) is 4.43. The van der Waals surface area contributed by atoms with Crippen LogP contribution in [0.15, 0.2) is 0 Å². The van der Waals surface area contributed by atoms with Crippen molar-refractivity contribution >= 4 is 9.24 Å². The van der Waals surface area contributed by atoms with Gasteiger partial charge in [-0.3, -0.25) is 0 Å². The minimum absolute atomic E-state index is 1.03. The minimum Gasteiger partial charge on any atom is -0.138 e. The molecule has 0 aromatic rings. The van der Waals surface area contributed by atoms with E-state index in [9.17, 15) is 0 Å². The molecule has 25 valence electrons. The molecule has 1 atom stereocenters. The van der Waals surface area contributed by atoms with Crippen molar-refractivity contribution in [1.82, 2.24) is 0 Å². The maximum atomic E-state index is 3.58. The smallest absolute Gasteiger partial charge is 0.0381 e. The van der Waals surface area contributed by atoms with Crippen molar-refractivity contribution in [3.05, 3.63) is 6.92 Å². The molecule has 0 spiro atoms. The van der Waals surface area contributed by atoms with Gasteiger partial charge in [-0.05, 0) is 12.6 Å². The van der Waals surface area contributed by atoms with Crippen LogP contribution < -0.4 is 0 Å². The molecular formula is C3H8P. The van der Waals surface area contributed by atoms with Crippen molar-refractivity contribution < 1.29 is 0 Å². The third-order valence-corrected chi connectivity index (χ3v) is 0.612. The quantitative estimate of drug-likeness (QED) is 0.409. The zero-order valence-electron chi connectivity index (χ0n) is 2.70. The second-order valence-electron chi connectivity index (χ2n) is 0.642. The summed E-state index contributed by atoms with van der Waals surface area (Å²) in [5.41, 5.74) is 0. The summed E-state index contributed by atoms with van der Waals surface area (Å²) < 4.78 is 0. The summed E-state index contributed by atoms with van der Waals surface area (Å²) in [5.74, 6) is 0. The van der Waals surface area contributed by atoms with Crippen LogP contribution >= 0.6 is 9.24 Å². The molecule has 0 aliphatic heterocycles. The lowest BCUT2D eigenvalue weighted by atomic mass is 10.6. The van der Waals surface area contributed by atoms with E-state index in [4.69, 9.17) is 0 Å². The summed E-state index contributed by atoms with van der Waals surface area (Å²) >= 11 is 0. The van der Waals surface area contributed by atoms with E-state index in [-0.39, 0.29) is 0 Å². The Labute approximate surface area is 29.8 Å². The SMILES string of the molecule is [CH2]CCP. The molecule has 1 heteroatoms. The van der Waals surface area contributed by atoms with E-state index in [0.29, 0.717) is 0 Å². The van der Waals surface area contributed by atoms with E-state index in [0.717, 1.165) is 12.6 Å². The van der Waals surface area contributed by atoms with Crippen LogP contribution in [0.4, 0.5) is 0 Å². The standard InChI is InChI=1S/C3H8P/c1-2-3-4/h1-4H2. The predicted molar refractivity (Wildman–Crippen MR) is 24.6 cm³/mol. The third kappa shape index (κ3) is 2.43. The third-order valence-electron chi connectivity index (χ3n) is 0.204. The molecule has 0 heterocycles. The Bertz CT molecular complexity index is 5.25. The Hall–Kier alpha value is 0.430. The van der Waals surface area contributed by atoms with E-state index in [2.05, 4.69) is 16.2 Å². The van der Waals surface area contributed by atoms with Gasteiger partial charge in [0.25, 0.3) is 0 Å². The lowest BCUT2D eigenvalue weighted by Gasteiger charge is -1.68. The monoisotopic (exact) mass is 75.0 g/mol. The van der Waals surface area contributed by atoms with Gasteiger partial charge in [0.05, 0.1) is 0 Å². The van der Waals surface area contributed by atoms with Crippen molar-refractivity contribution in [2.24, 2.45) is 0 Å². The van der Waals surface area contributed by atoms with Gasteiger partial charge in [-0.2, -0.15) is 0 Å². The normalized spacial score (nSPS) is 7.50. The lowest BCUT2D eigenvalue weighted by molar-refractivity contribution is 1.25. The topological polar surface area (TPSA) is 0 Å². The fourth-order valence-corrected chi connectivity index (χ4v) is 0. The van der Waals surface area contributed by atoms with Crippen LogP contribution in [0.25, 0.3) is 0 Å². The average molecular weight is 75.1 g/mol. The summed E-state index contributed by atoms with van der Waals surface area (Å²) in [4.78, 5) is 0. The van der Waals surface area contributed by atoms with Gasteiger partial charge < -0.3 is 0 Å². The van der Waals surface area contributed by atoms with E-state index in [1.165, 1.54) is 0 Å². The summed E-state index contributed by atoms with van der Waals surface area (Å²) in [5, 5.41) is 0. The largest absolute Gasteiger partial charge is 0.138 e. The fourth-order valence-electron chi connectivity index (χ4n) is 0. The Balaban J connectivity index is 1.97. The second-order valence-corrected chi connectivity index (χ2v) is 1.22. The molecule has 0 saturated heterocycles. The highest BCUT2D eigenvalue weighted by Gasteiger charge is 1.56. The van der Waals surface area contributed by atoms with Gasteiger partial charge in [-0.15, -0.1) is 9.24 Å². The molecule has 0 rings (SSSR count). The van der Waals surface area contributed by atoms with Crippen LogP contribution in [0.2, 0.25) is 0 Å². The van der Waals surface area contributed by atoms with Crippen molar-refractivity contribution in [2.75, 3.05) is 6.16 Å². The lowest BCUT2D eigenvalue weighted by Crippen LogP contribution is -1.55. The van der Waals surface area contributed by atoms with Gasteiger partial charge >= 0.3 is 0 Å². The number of rotatable bonds is 1. The molecule has 0 bridgehead atoms. The Morgan fingerprint density at radius 2 is 2.00 bits per heavy atom. The van der Waals surface area contributed by atoms with Crippen LogP contribution in [0, 0.1) is 6.92 Å².